The minimum atomic E-state index is -0.869. The monoisotopic (exact) mass is 376 g/mol. The van der Waals surface area contributed by atoms with Crippen LogP contribution in [0.4, 0.5) is 11.4 Å². The zero-order chi connectivity index (χ0) is 20.1. The lowest BCUT2D eigenvalue weighted by Crippen LogP contribution is -2.16. The molecule has 0 bridgehead atoms. The van der Waals surface area contributed by atoms with Crippen LogP contribution in [0, 0.1) is 10.1 Å². The molecule has 1 aromatic carbocycles. The van der Waals surface area contributed by atoms with Crippen LogP contribution in [0.15, 0.2) is 24.4 Å². The van der Waals surface area contributed by atoms with Gasteiger partial charge in [0.15, 0.2) is 0 Å². The summed E-state index contributed by atoms with van der Waals surface area (Å²) < 4.78 is 10.5. The molecule has 1 amide bonds. The fourth-order valence-electron chi connectivity index (χ4n) is 2.23. The predicted molar refractivity (Wildman–Crippen MR) is 91.6 cm³/mol. The molecule has 0 saturated carbocycles. The van der Waals surface area contributed by atoms with Crippen LogP contribution in [-0.4, -0.2) is 46.8 Å². The standard InChI is InChI=1S/C16H16N4O7/c1-4-19-8-12(20(24)25)13(18-19)14(21)17-11-6-9(15(22)26-2)5-10(7-11)16(23)27-3/h5-8H,4H2,1-3H3,(H,17,21). The third-order valence-electron chi connectivity index (χ3n) is 3.51. The second-order valence-electron chi connectivity index (χ2n) is 5.21. The number of carbonyl (C=O) groups excluding carboxylic acids is 3. The number of rotatable bonds is 6. The van der Waals surface area contributed by atoms with E-state index in [0.29, 0.717) is 6.54 Å². The second-order valence-corrected chi connectivity index (χ2v) is 5.21. The van der Waals surface area contributed by atoms with Gasteiger partial charge in [-0.15, -0.1) is 0 Å². The van der Waals surface area contributed by atoms with Crippen LogP contribution >= 0.6 is 0 Å². The number of hydrogen-bond donors (Lipinski definition) is 1. The van der Waals surface area contributed by atoms with Gasteiger partial charge in [0.05, 0.1) is 30.3 Å². The first-order valence-electron chi connectivity index (χ1n) is 7.65. The predicted octanol–water partition coefficient (Wildman–Crippen LogP) is 1.64. The highest BCUT2D eigenvalue weighted by Crippen LogP contribution is 2.21. The molecule has 0 aliphatic heterocycles. The summed E-state index contributed by atoms with van der Waals surface area (Å²) in [6.07, 6.45) is 1.14. The molecule has 0 fully saturated rings. The zero-order valence-corrected chi connectivity index (χ0v) is 14.7. The Balaban J connectivity index is 2.42. The number of aryl methyl sites for hydroxylation is 1. The number of nitrogens with zero attached hydrogens (tertiary/aromatic N) is 3. The van der Waals surface area contributed by atoms with E-state index in [1.54, 1.807) is 6.92 Å². The van der Waals surface area contributed by atoms with Crippen LogP contribution in [-0.2, 0) is 16.0 Å². The summed E-state index contributed by atoms with van der Waals surface area (Å²) in [4.78, 5) is 46.4. The molecule has 0 atom stereocenters. The molecule has 1 heterocycles. The summed E-state index contributed by atoms with van der Waals surface area (Å²) in [5, 5.41) is 17.4. The van der Waals surface area contributed by atoms with Crippen molar-refractivity contribution in [3.63, 3.8) is 0 Å². The largest absolute Gasteiger partial charge is 0.465 e. The molecule has 27 heavy (non-hydrogen) atoms. The van der Waals surface area contributed by atoms with E-state index in [1.807, 2.05) is 0 Å². The molecule has 2 rings (SSSR count). The van der Waals surface area contributed by atoms with Crippen LogP contribution in [0.5, 0.6) is 0 Å². The molecule has 142 valence electrons. The first-order chi connectivity index (χ1) is 12.8. The number of methoxy groups -OCH3 is 2. The van der Waals surface area contributed by atoms with Gasteiger partial charge in [0.25, 0.3) is 5.91 Å². The SMILES string of the molecule is CCn1cc([N+](=O)[O-])c(C(=O)Nc2cc(C(=O)OC)cc(C(=O)OC)c2)n1. The number of benzene rings is 1. The van der Waals surface area contributed by atoms with Gasteiger partial charge in [0.2, 0.25) is 5.69 Å². The van der Waals surface area contributed by atoms with E-state index in [-0.39, 0.29) is 16.8 Å². The smallest absolute Gasteiger partial charge is 0.337 e. The number of carbonyl (C=O) groups is 3. The van der Waals surface area contributed by atoms with Crippen LogP contribution in [0.3, 0.4) is 0 Å². The number of ether oxygens (including phenoxy) is 2. The fraction of sp³-hybridized carbons (Fsp3) is 0.250. The highest BCUT2D eigenvalue weighted by Gasteiger charge is 2.26. The molecule has 2 aromatic rings. The zero-order valence-electron chi connectivity index (χ0n) is 14.7. The third kappa shape index (κ3) is 4.26. The van der Waals surface area contributed by atoms with E-state index in [2.05, 4.69) is 19.9 Å². The lowest BCUT2D eigenvalue weighted by atomic mass is 10.1. The Kier molecular flexibility index (Phi) is 5.85. The highest BCUT2D eigenvalue weighted by molar-refractivity contribution is 6.07. The lowest BCUT2D eigenvalue weighted by Gasteiger charge is -2.08. The molecule has 0 aliphatic rings. The molecule has 1 N–H and O–H groups in total. The normalized spacial score (nSPS) is 10.2. The first-order valence-corrected chi connectivity index (χ1v) is 7.65. The van der Waals surface area contributed by atoms with E-state index in [0.717, 1.165) is 20.4 Å². The van der Waals surface area contributed by atoms with Crippen molar-refractivity contribution in [1.82, 2.24) is 9.78 Å². The summed E-state index contributed by atoms with van der Waals surface area (Å²) >= 11 is 0. The maximum Gasteiger partial charge on any atom is 0.337 e. The van der Waals surface area contributed by atoms with Crippen molar-refractivity contribution < 1.29 is 28.8 Å². The van der Waals surface area contributed by atoms with Gasteiger partial charge in [0.1, 0.15) is 6.20 Å². The van der Waals surface area contributed by atoms with Crippen molar-refractivity contribution in [2.75, 3.05) is 19.5 Å². The van der Waals surface area contributed by atoms with Crippen molar-refractivity contribution >= 4 is 29.2 Å². The minimum Gasteiger partial charge on any atom is -0.465 e. The number of esters is 2. The van der Waals surface area contributed by atoms with Crippen LogP contribution in [0.25, 0.3) is 0 Å². The van der Waals surface area contributed by atoms with E-state index in [1.165, 1.54) is 22.9 Å². The third-order valence-corrected chi connectivity index (χ3v) is 3.51. The summed E-state index contributed by atoms with van der Waals surface area (Å²) in [7, 11) is 2.32. The fourth-order valence-corrected chi connectivity index (χ4v) is 2.23. The van der Waals surface area contributed by atoms with Crippen molar-refractivity contribution in [2.24, 2.45) is 0 Å². The highest BCUT2D eigenvalue weighted by atomic mass is 16.6. The van der Waals surface area contributed by atoms with Crippen molar-refractivity contribution in [3.8, 4) is 0 Å². The Bertz CT molecular complexity index is 885. The van der Waals surface area contributed by atoms with Crippen molar-refractivity contribution in [1.29, 1.82) is 0 Å². The van der Waals surface area contributed by atoms with E-state index >= 15 is 0 Å². The van der Waals surface area contributed by atoms with Crippen molar-refractivity contribution in [3.05, 3.63) is 51.3 Å². The number of amides is 1. The van der Waals surface area contributed by atoms with Gasteiger partial charge in [-0.1, -0.05) is 0 Å². The van der Waals surface area contributed by atoms with Gasteiger partial charge in [-0.25, -0.2) is 9.59 Å². The van der Waals surface area contributed by atoms with Gasteiger partial charge in [-0.2, -0.15) is 5.10 Å². The average molecular weight is 376 g/mol. The molecule has 1 aromatic heterocycles. The van der Waals surface area contributed by atoms with Crippen LogP contribution in [0.2, 0.25) is 0 Å². The van der Waals surface area contributed by atoms with Gasteiger partial charge in [-0.05, 0) is 25.1 Å². The van der Waals surface area contributed by atoms with Crippen LogP contribution in [0.1, 0.15) is 38.1 Å². The van der Waals surface area contributed by atoms with E-state index < -0.39 is 34.2 Å². The van der Waals surface area contributed by atoms with Gasteiger partial charge >= 0.3 is 17.6 Å². The van der Waals surface area contributed by atoms with Crippen LogP contribution < -0.4 is 5.32 Å². The maximum absolute atomic E-state index is 12.4. The Hall–Kier alpha value is -3.76. The molecule has 0 aliphatic carbocycles. The topological polar surface area (TPSA) is 143 Å². The molecular weight excluding hydrogens is 360 g/mol. The first kappa shape index (κ1) is 19.6. The lowest BCUT2D eigenvalue weighted by molar-refractivity contribution is -0.385. The summed E-state index contributed by atoms with van der Waals surface area (Å²) in [6, 6.07) is 3.76. The van der Waals surface area contributed by atoms with Crippen molar-refractivity contribution in [2.45, 2.75) is 13.5 Å². The molecule has 11 heteroatoms. The van der Waals surface area contributed by atoms with E-state index in [9.17, 15) is 24.5 Å². The molecular formula is C16H16N4O7. The Labute approximate surface area is 153 Å². The number of aromatic nitrogens is 2. The number of anilines is 1. The van der Waals surface area contributed by atoms with Gasteiger partial charge in [-0.3, -0.25) is 19.6 Å². The summed E-state index contributed by atoms with van der Waals surface area (Å²) in [5.41, 5.74) is -0.839. The summed E-state index contributed by atoms with van der Waals surface area (Å²) in [6.45, 7) is 2.04. The molecule has 0 saturated heterocycles. The Morgan fingerprint density at radius 1 is 1.15 bits per heavy atom. The number of nitrogens with one attached hydrogen (secondary N) is 1. The molecule has 0 spiro atoms. The number of hydrogen-bond acceptors (Lipinski definition) is 8. The Morgan fingerprint density at radius 2 is 1.70 bits per heavy atom. The van der Waals surface area contributed by atoms with Gasteiger partial charge in [0, 0.05) is 12.2 Å². The molecule has 11 nitrogen and oxygen atoms in total. The molecule has 0 radical (unpaired) electrons. The summed E-state index contributed by atoms with van der Waals surface area (Å²) in [5.74, 6) is -2.35. The number of nitro groups is 1. The molecule has 0 unspecified atom stereocenters. The Morgan fingerprint density at radius 3 is 2.15 bits per heavy atom. The van der Waals surface area contributed by atoms with Gasteiger partial charge < -0.3 is 14.8 Å². The average Bonchev–Trinajstić information content (AvgIpc) is 3.11. The second kappa shape index (κ2) is 8.08. The maximum atomic E-state index is 12.4. The van der Waals surface area contributed by atoms with E-state index in [4.69, 9.17) is 0 Å². The minimum absolute atomic E-state index is 0.00992. The quantitative estimate of drug-likeness (QED) is 0.455.